The van der Waals surface area contributed by atoms with Crippen molar-refractivity contribution in [3.63, 3.8) is 0 Å². The van der Waals surface area contributed by atoms with Gasteiger partial charge in [0.05, 0.1) is 6.42 Å². The molecule has 3 atom stereocenters. The lowest BCUT2D eigenvalue weighted by atomic mass is 9.74. The zero-order chi connectivity index (χ0) is 25.6. The van der Waals surface area contributed by atoms with Gasteiger partial charge >= 0.3 is 12.3 Å². The van der Waals surface area contributed by atoms with Crippen molar-refractivity contribution in [1.82, 2.24) is 20.0 Å². The quantitative estimate of drug-likeness (QED) is 0.233. The highest BCUT2D eigenvalue weighted by Gasteiger charge is 2.32. The fourth-order valence-electron chi connectivity index (χ4n) is 3.62. The summed E-state index contributed by atoms with van der Waals surface area (Å²) in [6, 6.07) is 6.12. The summed E-state index contributed by atoms with van der Waals surface area (Å²) in [6.07, 6.45) is -1.38. The number of hydrogen-bond donors (Lipinski definition) is 4. The van der Waals surface area contributed by atoms with E-state index in [9.17, 15) is 23.1 Å². The van der Waals surface area contributed by atoms with Crippen molar-refractivity contribution in [2.75, 3.05) is 5.32 Å². The Bertz CT molecular complexity index is 978. The number of carbonyl (C=O) groups excluding carboxylic acids is 1. The van der Waals surface area contributed by atoms with E-state index in [0.717, 1.165) is 34.5 Å². The second-order valence-corrected chi connectivity index (χ2v) is 9.30. The predicted molar refractivity (Wildman–Crippen MR) is 127 cm³/mol. The third-order valence-electron chi connectivity index (χ3n) is 5.15. The number of aliphatic hydroxyl groups is 1. The summed E-state index contributed by atoms with van der Waals surface area (Å²) in [5.74, 6) is 0.483. The largest absolute Gasteiger partial charge is 0.446 e. The lowest BCUT2D eigenvalue weighted by Gasteiger charge is -2.19. The topological polar surface area (TPSA) is 108 Å². The molecule has 1 fully saturated rings. The van der Waals surface area contributed by atoms with Gasteiger partial charge in [0.2, 0.25) is 5.95 Å². The van der Waals surface area contributed by atoms with Crippen molar-refractivity contribution >= 4 is 45.4 Å². The standard InChI is InChI=1S/C21H24B2F3N5O3S/c1-12(9-20(24,25)26)29-19(32)34-16-5-2-13(8-16)14-10-27-18(28-11-14)30-15-3-6-17(7-4-15)35-31-21(22,23)33/h3-4,6-7,10-13,16,31,33H,2,5,8-9H2,1H3,(H,29,32)(H,27,28,30). The molecule has 3 rings (SSSR count). The van der Waals surface area contributed by atoms with Gasteiger partial charge in [0, 0.05) is 34.5 Å². The Morgan fingerprint density at radius 2 is 1.89 bits per heavy atom. The summed E-state index contributed by atoms with van der Waals surface area (Å²) in [5.41, 5.74) is -0.344. The first-order valence-electron chi connectivity index (χ1n) is 10.8. The molecule has 8 nitrogen and oxygen atoms in total. The number of rotatable bonds is 9. The zero-order valence-electron chi connectivity index (χ0n) is 18.9. The van der Waals surface area contributed by atoms with Crippen LogP contribution in [0.5, 0.6) is 0 Å². The van der Waals surface area contributed by atoms with Gasteiger partial charge in [-0.3, -0.25) is 0 Å². The molecule has 184 valence electrons. The number of carbonyl (C=O) groups is 1. The number of alkyl carbamates (subject to hydrolysis) is 1. The second-order valence-electron chi connectivity index (χ2n) is 8.42. The van der Waals surface area contributed by atoms with Crippen LogP contribution >= 0.6 is 11.9 Å². The van der Waals surface area contributed by atoms with Crippen LogP contribution in [-0.4, -0.2) is 60.7 Å². The molecule has 1 aromatic heterocycles. The number of nitrogens with zero attached hydrogens (tertiary/aromatic N) is 2. The molecule has 0 aliphatic heterocycles. The molecule has 2 aromatic rings. The van der Waals surface area contributed by atoms with Crippen LogP contribution in [0.25, 0.3) is 0 Å². The van der Waals surface area contributed by atoms with Crippen LogP contribution in [-0.2, 0) is 4.74 Å². The van der Waals surface area contributed by atoms with Gasteiger partial charge in [-0.05, 0) is 73.9 Å². The minimum Gasteiger partial charge on any atom is -0.446 e. The SMILES string of the molecule is [B]C([B])(O)NSc1ccc(Nc2ncc(C3CCC(OC(=O)NC(C)CC(F)(F)F)C3)cn2)cc1. The Labute approximate surface area is 208 Å². The molecule has 1 heterocycles. The van der Waals surface area contributed by atoms with Gasteiger partial charge in [-0.2, -0.15) is 13.2 Å². The highest BCUT2D eigenvalue weighted by atomic mass is 32.2. The molecule has 3 unspecified atom stereocenters. The van der Waals surface area contributed by atoms with Crippen molar-refractivity contribution in [2.45, 2.75) is 67.3 Å². The van der Waals surface area contributed by atoms with Gasteiger partial charge in [0.15, 0.2) is 0 Å². The number of alkyl halides is 3. The number of nitrogens with one attached hydrogen (secondary N) is 3. The van der Waals surface area contributed by atoms with Crippen molar-refractivity contribution in [3.8, 4) is 0 Å². The van der Waals surface area contributed by atoms with E-state index in [-0.39, 0.29) is 12.0 Å². The number of anilines is 2. The highest BCUT2D eigenvalue weighted by Crippen LogP contribution is 2.35. The van der Waals surface area contributed by atoms with E-state index in [1.54, 1.807) is 36.7 Å². The average Bonchev–Trinajstić information content (AvgIpc) is 3.20. The van der Waals surface area contributed by atoms with Crippen LogP contribution in [0.15, 0.2) is 41.6 Å². The molecule has 0 bridgehead atoms. The summed E-state index contributed by atoms with van der Waals surface area (Å²) in [7, 11) is 10.5. The van der Waals surface area contributed by atoms with E-state index in [4.69, 9.17) is 20.4 Å². The maximum Gasteiger partial charge on any atom is 0.407 e. The Kier molecular flexibility index (Phi) is 8.94. The fourth-order valence-corrected chi connectivity index (χ4v) is 4.18. The number of hydrogen-bond acceptors (Lipinski definition) is 8. The molecule has 1 aliphatic rings. The molecule has 35 heavy (non-hydrogen) atoms. The molecular formula is C21H24B2F3N5O3S. The lowest BCUT2D eigenvalue weighted by Crippen LogP contribution is -2.42. The average molecular weight is 505 g/mol. The lowest BCUT2D eigenvalue weighted by molar-refractivity contribution is -0.138. The van der Waals surface area contributed by atoms with Gasteiger partial charge in [0.1, 0.15) is 21.8 Å². The zero-order valence-corrected chi connectivity index (χ0v) is 19.7. The first-order chi connectivity index (χ1) is 16.4. The van der Waals surface area contributed by atoms with Gasteiger partial charge in [0.25, 0.3) is 0 Å². The highest BCUT2D eigenvalue weighted by molar-refractivity contribution is 7.97. The molecule has 1 aliphatic carbocycles. The number of aromatic nitrogens is 2. The van der Waals surface area contributed by atoms with Crippen LogP contribution < -0.4 is 15.4 Å². The maximum atomic E-state index is 12.4. The van der Waals surface area contributed by atoms with E-state index in [2.05, 4.69) is 25.3 Å². The Hall–Kier alpha value is -2.44. The molecule has 4 radical (unpaired) electrons. The third kappa shape index (κ3) is 9.61. The van der Waals surface area contributed by atoms with Crippen molar-refractivity contribution in [3.05, 3.63) is 42.2 Å². The fraction of sp³-hybridized carbons (Fsp3) is 0.476. The Balaban J connectivity index is 1.46. The van der Waals surface area contributed by atoms with Crippen molar-refractivity contribution in [2.24, 2.45) is 0 Å². The minimum atomic E-state index is -4.35. The minimum absolute atomic E-state index is 0.0852. The molecule has 1 saturated carbocycles. The number of amides is 1. The van der Waals surface area contributed by atoms with Crippen molar-refractivity contribution < 1.29 is 27.8 Å². The summed E-state index contributed by atoms with van der Waals surface area (Å²) in [6.45, 7) is 1.28. The van der Waals surface area contributed by atoms with Gasteiger partial charge in [-0.25, -0.2) is 19.5 Å². The van der Waals surface area contributed by atoms with Gasteiger partial charge in [-0.15, -0.1) is 0 Å². The molecule has 1 aromatic carbocycles. The maximum absolute atomic E-state index is 12.4. The predicted octanol–water partition coefficient (Wildman–Crippen LogP) is 3.46. The van der Waals surface area contributed by atoms with Crippen molar-refractivity contribution in [1.29, 1.82) is 0 Å². The third-order valence-corrected chi connectivity index (χ3v) is 6.08. The molecular weight excluding hydrogens is 481 g/mol. The van der Waals surface area contributed by atoms with Crippen LogP contribution in [0.3, 0.4) is 0 Å². The van der Waals surface area contributed by atoms with E-state index >= 15 is 0 Å². The number of benzene rings is 1. The molecule has 14 heteroatoms. The number of halogens is 3. The van der Waals surface area contributed by atoms with Crippen LogP contribution in [0.4, 0.5) is 29.6 Å². The summed E-state index contributed by atoms with van der Waals surface area (Å²) >= 11 is 1.08. The van der Waals surface area contributed by atoms with Gasteiger partial charge in [-0.1, -0.05) is 0 Å². The molecule has 1 amide bonds. The van der Waals surface area contributed by atoms with E-state index in [1.807, 2.05) is 0 Å². The van der Waals surface area contributed by atoms with Gasteiger partial charge < -0.3 is 20.5 Å². The Morgan fingerprint density at radius 3 is 2.49 bits per heavy atom. The summed E-state index contributed by atoms with van der Waals surface area (Å²) in [4.78, 5) is 21.4. The monoisotopic (exact) mass is 505 g/mol. The number of ether oxygens (including phenoxy) is 1. The van der Waals surface area contributed by atoms with E-state index < -0.39 is 30.3 Å². The first kappa shape index (κ1) is 27.2. The van der Waals surface area contributed by atoms with Crippen LogP contribution in [0.2, 0.25) is 0 Å². The summed E-state index contributed by atoms with van der Waals surface area (Å²) < 4.78 is 45.0. The Morgan fingerprint density at radius 1 is 1.23 bits per heavy atom. The first-order valence-corrected chi connectivity index (χ1v) is 11.6. The van der Waals surface area contributed by atoms with E-state index in [0.29, 0.717) is 18.8 Å². The van der Waals surface area contributed by atoms with Crippen LogP contribution in [0.1, 0.15) is 44.1 Å². The molecule has 0 saturated heterocycles. The normalized spacial score (nSPS) is 19.2. The van der Waals surface area contributed by atoms with Crippen LogP contribution in [0, 0.1) is 0 Å². The smallest absolute Gasteiger partial charge is 0.407 e. The summed E-state index contributed by atoms with van der Waals surface area (Å²) in [5, 5.41) is 14.6. The molecule has 0 spiro atoms. The second kappa shape index (κ2) is 11.5. The van der Waals surface area contributed by atoms with E-state index in [1.165, 1.54) is 6.92 Å². The molecule has 4 N–H and O–H groups in total.